The first-order chi connectivity index (χ1) is 9.62. The van der Waals surface area contributed by atoms with E-state index in [-0.39, 0.29) is 5.54 Å². The van der Waals surface area contributed by atoms with Gasteiger partial charge in [-0.2, -0.15) is 11.3 Å². The summed E-state index contributed by atoms with van der Waals surface area (Å²) in [4.78, 5) is 2.48. The van der Waals surface area contributed by atoms with Gasteiger partial charge in [-0.25, -0.2) is 0 Å². The molecule has 1 fully saturated rings. The van der Waals surface area contributed by atoms with Gasteiger partial charge < -0.3 is 10.2 Å². The van der Waals surface area contributed by atoms with E-state index in [1.54, 1.807) is 11.3 Å². The zero-order chi connectivity index (χ0) is 14.6. The van der Waals surface area contributed by atoms with Crippen LogP contribution in [0.2, 0.25) is 0 Å². The topological polar surface area (TPSA) is 15.3 Å². The van der Waals surface area contributed by atoms with Gasteiger partial charge in [0.25, 0.3) is 0 Å². The number of thiophene rings is 1. The van der Waals surface area contributed by atoms with Crippen LogP contribution in [0.15, 0.2) is 15.2 Å². The lowest BCUT2D eigenvalue weighted by molar-refractivity contribution is 0.0563. The lowest BCUT2D eigenvalue weighted by atomic mass is 9.73. The van der Waals surface area contributed by atoms with Crippen molar-refractivity contribution in [1.82, 2.24) is 10.2 Å². The monoisotopic (exact) mass is 358 g/mol. The molecule has 2 rings (SSSR count). The zero-order valence-corrected chi connectivity index (χ0v) is 15.3. The fourth-order valence-corrected chi connectivity index (χ4v) is 5.09. The summed E-state index contributed by atoms with van der Waals surface area (Å²) in [5.74, 6) is 0. The SMILES string of the molecule is CCCNC(c1cscc1Br)C1(N(C)C)CCCCC1. The Bertz CT molecular complexity index is 410. The van der Waals surface area contributed by atoms with E-state index in [9.17, 15) is 0 Å². The summed E-state index contributed by atoms with van der Waals surface area (Å²) in [6.45, 7) is 3.33. The minimum Gasteiger partial charge on any atom is -0.308 e. The maximum atomic E-state index is 3.84. The van der Waals surface area contributed by atoms with Crippen LogP contribution in [0, 0.1) is 0 Å². The van der Waals surface area contributed by atoms with Crippen LogP contribution in [-0.4, -0.2) is 31.1 Å². The smallest absolute Gasteiger partial charge is 0.0526 e. The van der Waals surface area contributed by atoms with Crippen LogP contribution < -0.4 is 5.32 Å². The van der Waals surface area contributed by atoms with Crippen molar-refractivity contribution in [2.45, 2.75) is 57.0 Å². The highest BCUT2D eigenvalue weighted by Crippen LogP contribution is 2.44. The molecular weight excluding hydrogens is 332 g/mol. The van der Waals surface area contributed by atoms with Gasteiger partial charge >= 0.3 is 0 Å². The highest BCUT2D eigenvalue weighted by molar-refractivity contribution is 9.10. The Balaban J connectivity index is 2.34. The second kappa shape index (κ2) is 7.39. The van der Waals surface area contributed by atoms with Gasteiger partial charge in [-0.15, -0.1) is 0 Å². The fraction of sp³-hybridized carbons (Fsp3) is 0.750. The van der Waals surface area contributed by atoms with E-state index in [4.69, 9.17) is 0 Å². The predicted molar refractivity (Wildman–Crippen MR) is 92.6 cm³/mol. The van der Waals surface area contributed by atoms with Gasteiger partial charge in [0.15, 0.2) is 0 Å². The van der Waals surface area contributed by atoms with E-state index in [2.05, 4.69) is 57.9 Å². The Kier molecular flexibility index (Phi) is 6.09. The highest BCUT2D eigenvalue weighted by Gasteiger charge is 2.43. The molecule has 0 saturated heterocycles. The van der Waals surface area contributed by atoms with Crippen molar-refractivity contribution in [2.75, 3.05) is 20.6 Å². The quantitative estimate of drug-likeness (QED) is 0.784. The van der Waals surface area contributed by atoms with Crippen molar-refractivity contribution in [2.24, 2.45) is 0 Å². The Morgan fingerprint density at radius 1 is 1.30 bits per heavy atom. The van der Waals surface area contributed by atoms with E-state index >= 15 is 0 Å². The molecule has 1 aromatic rings. The van der Waals surface area contributed by atoms with Crippen molar-refractivity contribution >= 4 is 27.3 Å². The molecule has 2 nitrogen and oxygen atoms in total. The van der Waals surface area contributed by atoms with E-state index in [1.165, 1.54) is 48.6 Å². The van der Waals surface area contributed by atoms with Gasteiger partial charge in [0.1, 0.15) is 0 Å². The van der Waals surface area contributed by atoms with Crippen molar-refractivity contribution in [3.05, 3.63) is 20.8 Å². The normalized spacial score (nSPS) is 20.2. The van der Waals surface area contributed by atoms with Gasteiger partial charge in [0.05, 0.1) is 6.04 Å². The van der Waals surface area contributed by atoms with Gasteiger partial charge in [-0.1, -0.05) is 26.2 Å². The number of hydrogen-bond donors (Lipinski definition) is 1. The third kappa shape index (κ3) is 3.29. The van der Waals surface area contributed by atoms with Crippen molar-refractivity contribution < 1.29 is 0 Å². The molecule has 114 valence electrons. The Labute approximate surface area is 136 Å². The highest BCUT2D eigenvalue weighted by atomic mass is 79.9. The summed E-state index contributed by atoms with van der Waals surface area (Å²) in [6.07, 6.45) is 7.87. The fourth-order valence-electron chi connectivity index (χ4n) is 3.53. The summed E-state index contributed by atoms with van der Waals surface area (Å²) in [7, 11) is 4.51. The van der Waals surface area contributed by atoms with E-state index < -0.39 is 0 Å². The van der Waals surface area contributed by atoms with E-state index in [0.717, 1.165) is 6.54 Å². The lowest BCUT2D eigenvalue weighted by Gasteiger charge is -2.49. The van der Waals surface area contributed by atoms with Crippen LogP contribution >= 0.6 is 27.3 Å². The third-order valence-corrected chi connectivity index (χ3v) is 6.45. The molecule has 0 bridgehead atoms. The summed E-state index contributed by atoms with van der Waals surface area (Å²) in [5, 5.41) is 8.37. The van der Waals surface area contributed by atoms with Crippen molar-refractivity contribution in [1.29, 1.82) is 0 Å². The Hall–Kier alpha value is 0.1000. The van der Waals surface area contributed by atoms with Crippen LogP contribution in [0.5, 0.6) is 0 Å². The molecule has 1 aliphatic rings. The molecule has 0 spiro atoms. The van der Waals surface area contributed by atoms with Gasteiger partial charge in [-0.3, -0.25) is 0 Å². The first-order valence-corrected chi connectivity index (χ1v) is 9.48. The summed E-state index contributed by atoms with van der Waals surface area (Å²) in [5.41, 5.74) is 1.70. The molecule has 0 radical (unpaired) electrons. The molecule has 4 heteroatoms. The number of likely N-dealkylation sites (N-methyl/N-ethyl adjacent to an activating group) is 1. The van der Waals surface area contributed by atoms with Crippen LogP contribution in [-0.2, 0) is 0 Å². The number of rotatable bonds is 6. The Morgan fingerprint density at radius 3 is 2.50 bits per heavy atom. The summed E-state index contributed by atoms with van der Waals surface area (Å²) >= 11 is 5.55. The minimum absolute atomic E-state index is 0.261. The second-order valence-electron chi connectivity index (χ2n) is 6.12. The molecule has 1 heterocycles. The molecule has 1 atom stereocenters. The molecule has 20 heavy (non-hydrogen) atoms. The first kappa shape index (κ1) is 16.5. The van der Waals surface area contributed by atoms with Crippen LogP contribution in [0.25, 0.3) is 0 Å². The molecule has 0 aromatic carbocycles. The van der Waals surface area contributed by atoms with E-state index in [0.29, 0.717) is 6.04 Å². The second-order valence-corrected chi connectivity index (χ2v) is 7.72. The number of halogens is 1. The third-order valence-electron chi connectivity index (χ3n) is 4.70. The number of hydrogen-bond acceptors (Lipinski definition) is 3. The molecule has 1 aromatic heterocycles. The first-order valence-electron chi connectivity index (χ1n) is 7.74. The number of nitrogens with one attached hydrogen (secondary N) is 1. The van der Waals surface area contributed by atoms with Gasteiger partial charge in [-0.05, 0) is 66.8 Å². The average Bonchev–Trinajstić information content (AvgIpc) is 2.86. The van der Waals surface area contributed by atoms with Crippen LogP contribution in [0.1, 0.15) is 57.1 Å². The minimum atomic E-state index is 0.261. The molecule has 1 aliphatic carbocycles. The maximum Gasteiger partial charge on any atom is 0.0526 e. The summed E-state index contributed by atoms with van der Waals surface area (Å²) in [6, 6.07) is 0.429. The van der Waals surface area contributed by atoms with Gasteiger partial charge in [0.2, 0.25) is 0 Å². The summed E-state index contributed by atoms with van der Waals surface area (Å²) < 4.78 is 1.27. The van der Waals surface area contributed by atoms with Crippen LogP contribution in [0.4, 0.5) is 0 Å². The maximum absolute atomic E-state index is 3.84. The number of nitrogens with zero attached hydrogens (tertiary/aromatic N) is 1. The average molecular weight is 359 g/mol. The molecule has 1 N–H and O–H groups in total. The van der Waals surface area contributed by atoms with E-state index in [1.807, 2.05) is 0 Å². The standard InChI is InChI=1S/C16H27BrN2S/c1-4-10-18-15(13-11-20-12-14(13)17)16(19(2)3)8-6-5-7-9-16/h11-12,15,18H,4-10H2,1-3H3. The molecule has 0 aliphatic heterocycles. The Morgan fingerprint density at radius 2 is 2.00 bits per heavy atom. The van der Waals surface area contributed by atoms with Gasteiger partial charge in [0, 0.05) is 15.4 Å². The van der Waals surface area contributed by atoms with Crippen molar-refractivity contribution in [3.8, 4) is 0 Å². The zero-order valence-electron chi connectivity index (χ0n) is 12.9. The molecule has 1 unspecified atom stereocenters. The largest absolute Gasteiger partial charge is 0.308 e. The molecule has 1 saturated carbocycles. The van der Waals surface area contributed by atoms with Crippen molar-refractivity contribution in [3.63, 3.8) is 0 Å². The lowest BCUT2D eigenvalue weighted by Crippen LogP contribution is -2.55. The molecular formula is C16H27BrN2S. The molecule has 0 amide bonds. The predicted octanol–water partition coefficient (Wildman–Crippen LogP) is 4.82. The van der Waals surface area contributed by atoms with Crippen LogP contribution in [0.3, 0.4) is 0 Å².